The summed E-state index contributed by atoms with van der Waals surface area (Å²) < 4.78 is 7.37. The Balaban J connectivity index is 2.45. The molecule has 0 spiro atoms. The highest BCUT2D eigenvalue weighted by molar-refractivity contribution is 5.58. The highest BCUT2D eigenvalue weighted by Gasteiger charge is 2.21. The Labute approximate surface area is 114 Å². The number of anilines is 2. The van der Waals surface area contributed by atoms with Crippen molar-refractivity contribution in [2.75, 3.05) is 31.8 Å². The second-order valence-electron chi connectivity index (χ2n) is 5.59. The summed E-state index contributed by atoms with van der Waals surface area (Å²) in [7, 11) is 5.71. The summed E-state index contributed by atoms with van der Waals surface area (Å²) >= 11 is 0. The monoisotopic (exact) mass is 262 g/mol. The van der Waals surface area contributed by atoms with Gasteiger partial charge < -0.3 is 15.4 Å². The molecule has 0 radical (unpaired) electrons. The molecule has 2 aromatic rings. The molecule has 0 aliphatic heterocycles. The number of imidazole rings is 1. The summed E-state index contributed by atoms with van der Waals surface area (Å²) in [6, 6.07) is 4.02. The second-order valence-corrected chi connectivity index (χ2v) is 5.59. The third kappa shape index (κ3) is 2.66. The summed E-state index contributed by atoms with van der Waals surface area (Å²) in [5.74, 6) is 0.684. The van der Waals surface area contributed by atoms with Crippen molar-refractivity contribution in [3.63, 3.8) is 0 Å². The molecule has 2 aromatic heterocycles. The van der Waals surface area contributed by atoms with Gasteiger partial charge in [0.2, 0.25) is 0 Å². The van der Waals surface area contributed by atoms with E-state index in [2.05, 4.69) is 4.98 Å². The third-order valence-corrected chi connectivity index (χ3v) is 3.38. The van der Waals surface area contributed by atoms with Gasteiger partial charge in [0.25, 0.3) is 0 Å². The molecular formula is C14H22N4O. The van der Waals surface area contributed by atoms with E-state index in [4.69, 9.17) is 10.5 Å². The van der Waals surface area contributed by atoms with E-state index in [9.17, 15) is 0 Å². The van der Waals surface area contributed by atoms with Crippen LogP contribution in [0.3, 0.4) is 0 Å². The van der Waals surface area contributed by atoms with Crippen LogP contribution in [0.2, 0.25) is 0 Å². The number of ether oxygens (including phenoxy) is 1. The molecule has 0 fully saturated rings. The number of rotatable bonds is 4. The Kier molecular flexibility index (Phi) is 3.41. The van der Waals surface area contributed by atoms with Crippen molar-refractivity contribution < 1.29 is 4.74 Å². The average Bonchev–Trinajstić information content (AvgIpc) is 2.65. The summed E-state index contributed by atoms with van der Waals surface area (Å²) in [5.41, 5.74) is 8.76. The van der Waals surface area contributed by atoms with Crippen LogP contribution in [0.15, 0.2) is 18.3 Å². The smallest absolute Gasteiger partial charge is 0.138 e. The minimum Gasteiger partial charge on any atom is -0.383 e. The molecule has 0 bridgehead atoms. The minimum atomic E-state index is -0.267. The molecule has 2 N–H and O–H groups in total. The van der Waals surface area contributed by atoms with Crippen molar-refractivity contribution in [2.45, 2.75) is 25.9 Å². The fourth-order valence-corrected chi connectivity index (χ4v) is 1.97. The molecule has 0 aliphatic rings. The standard InChI is InChI=1S/C14H22N4O/c1-14(2,19-5)8-11-13(15)18-9-10(17(3)4)6-7-12(18)16-11/h6-7,9H,8,15H2,1-5H3. The van der Waals surface area contributed by atoms with Crippen LogP contribution >= 0.6 is 0 Å². The first kappa shape index (κ1) is 13.7. The van der Waals surface area contributed by atoms with E-state index < -0.39 is 0 Å². The molecule has 5 nitrogen and oxygen atoms in total. The first-order valence-electron chi connectivity index (χ1n) is 6.33. The fraction of sp³-hybridized carbons (Fsp3) is 0.500. The molecule has 19 heavy (non-hydrogen) atoms. The highest BCUT2D eigenvalue weighted by atomic mass is 16.5. The van der Waals surface area contributed by atoms with Crippen LogP contribution in [0, 0.1) is 0 Å². The first-order chi connectivity index (χ1) is 8.84. The van der Waals surface area contributed by atoms with Gasteiger partial charge in [-0.25, -0.2) is 4.98 Å². The van der Waals surface area contributed by atoms with E-state index in [1.165, 1.54) is 0 Å². The number of fused-ring (bicyclic) bond motifs is 1. The molecule has 2 heterocycles. The van der Waals surface area contributed by atoms with E-state index in [0.29, 0.717) is 12.2 Å². The van der Waals surface area contributed by atoms with Crippen molar-refractivity contribution in [3.05, 3.63) is 24.0 Å². The predicted octanol–water partition coefficient (Wildman–Crippen LogP) is 1.95. The zero-order chi connectivity index (χ0) is 14.2. The van der Waals surface area contributed by atoms with Crippen molar-refractivity contribution in [1.29, 1.82) is 0 Å². The lowest BCUT2D eigenvalue weighted by Gasteiger charge is -2.21. The molecule has 5 heteroatoms. The molecule has 104 valence electrons. The average molecular weight is 262 g/mol. The zero-order valence-corrected chi connectivity index (χ0v) is 12.3. The number of pyridine rings is 1. The molecule has 0 atom stereocenters. The number of aromatic nitrogens is 2. The van der Waals surface area contributed by atoms with Gasteiger partial charge in [0.1, 0.15) is 11.5 Å². The number of nitrogen functional groups attached to an aromatic ring is 1. The van der Waals surface area contributed by atoms with Crippen molar-refractivity contribution in [3.8, 4) is 0 Å². The van der Waals surface area contributed by atoms with Crippen LogP contribution in [-0.2, 0) is 11.2 Å². The van der Waals surface area contributed by atoms with Crippen LogP contribution in [0.25, 0.3) is 5.65 Å². The van der Waals surface area contributed by atoms with Gasteiger partial charge in [0.15, 0.2) is 0 Å². The van der Waals surface area contributed by atoms with Crippen LogP contribution in [0.1, 0.15) is 19.5 Å². The van der Waals surface area contributed by atoms with Crippen molar-refractivity contribution >= 4 is 17.2 Å². The lowest BCUT2D eigenvalue weighted by atomic mass is 10.0. The zero-order valence-electron chi connectivity index (χ0n) is 12.3. The van der Waals surface area contributed by atoms with E-state index in [-0.39, 0.29) is 5.60 Å². The Hall–Kier alpha value is -1.75. The fourth-order valence-electron chi connectivity index (χ4n) is 1.97. The Morgan fingerprint density at radius 2 is 2.05 bits per heavy atom. The third-order valence-electron chi connectivity index (χ3n) is 3.38. The largest absolute Gasteiger partial charge is 0.383 e. The number of nitrogens with zero attached hydrogens (tertiary/aromatic N) is 3. The topological polar surface area (TPSA) is 55.8 Å². The van der Waals surface area contributed by atoms with Gasteiger partial charge in [-0.2, -0.15) is 0 Å². The lowest BCUT2D eigenvalue weighted by Crippen LogP contribution is -2.26. The van der Waals surface area contributed by atoms with Crippen LogP contribution in [-0.4, -0.2) is 36.2 Å². The minimum absolute atomic E-state index is 0.267. The van der Waals surface area contributed by atoms with E-state index in [0.717, 1.165) is 17.0 Å². The summed E-state index contributed by atoms with van der Waals surface area (Å²) in [4.78, 5) is 6.62. The maximum Gasteiger partial charge on any atom is 0.138 e. The molecule has 0 amide bonds. The maximum atomic E-state index is 6.20. The Morgan fingerprint density at radius 1 is 1.37 bits per heavy atom. The van der Waals surface area contributed by atoms with Crippen LogP contribution < -0.4 is 10.6 Å². The SMILES string of the molecule is COC(C)(C)Cc1nc2ccc(N(C)C)cn2c1N. The van der Waals surface area contributed by atoms with E-state index in [1.807, 2.05) is 55.6 Å². The molecular weight excluding hydrogens is 240 g/mol. The van der Waals surface area contributed by atoms with Gasteiger partial charge in [-0.1, -0.05) is 0 Å². The van der Waals surface area contributed by atoms with Gasteiger partial charge in [-0.05, 0) is 26.0 Å². The van der Waals surface area contributed by atoms with E-state index in [1.54, 1.807) is 7.11 Å². The first-order valence-corrected chi connectivity index (χ1v) is 6.33. The van der Waals surface area contributed by atoms with Gasteiger partial charge in [0.05, 0.1) is 17.0 Å². The number of nitrogens with two attached hydrogens (primary N) is 1. The molecule has 0 unspecified atom stereocenters. The van der Waals surface area contributed by atoms with Crippen LogP contribution in [0.4, 0.5) is 11.5 Å². The van der Waals surface area contributed by atoms with Gasteiger partial charge in [0, 0.05) is 33.8 Å². The number of hydrogen-bond donors (Lipinski definition) is 1. The van der Waals surface area contributed by atoms with Gasteiger partial charge in [-0.3, -0.25) is 4.40 Å². The quantitative estimate of drug-likeness (QED) is 0.915. The summed E-state index contributed by atoms with van der Waals surface area (Å²) in [6.45, 7) is 4.06. The van der Waals surface area contributed by atoms with E-state index >= 15 is 0 Å². The predicted molar refractivity (Wildman–Crippen MR) is 78.7 cm³/mol. The molecule has 0 aromatic carbocycles. The summed E-state index contributed by atoms with van der Waals surface area (Å²) in [6.07, 6.45) is 2.69. The second kappa shape index (κ2) is 4.74. The summed E-state index contributed by atoms with van der Waals surface area (Å²) in [5, 5.41) is 0. The van der Waals surface area contributed by atoms with Crippen molar-refractivity contribution in [2.24, 2.45) is 0 Å². The normalized spacial score (nSPS) is 12.1. The molecule has 2 rings (SSSR count). The molecule has 0 aliphatic carbocycles. The van der Waals surface area contributed by atoms with Gasteiger partial charge >= 0.3 is 0 Å². The number of methoxy groups -OCH3 is 1. The van der Waals surface area contributed by atoms with Crippen LogP contribution in [0.5, 0.6) is 0 Å². The highest BCUT2D eigenvalue weighted by Crippen LogP contribution is 2.23. The molecule has 0 saturated carbocycles. The maximum absolute atomic E-state index is 6.20. The van der Waals surface area contributed by atoms with Gasteiger partial charge in [-0.15, -0.1) is 0 Å². The van der Waals surface area contributed by atoms with Crippen molar-refractivity contribution in [1.82, 2.24) is 9.38 Å². The molecule has 0 saturated heterocycles. The Morgan fingerprint density at radius 3 is 2.63 bits per heavy atom. The number of hydrogen-bond acceptors (Lipinski definition) is 4. The lowest BCUT2D eigenvalue weighted by molar-refractivity contribution is 0.0226. The Bertz CT molecular complexity index is 586.